The fourth-order valence-corrected chi connectivity index (χ4v) is 6.07. The van der Waals surface area contributed by atoms with Gasteiger partial charge in [-0.25, -0.2) is 0 Å². The van der Waals surface area contributed by atoms with E-state index in [0.29, 0.717) is 13.2 Å². The van der Waals surface area contributed by atoms with Crippen molar-refractivity contribution in [3.05, 3.63) is 82.4 Å². The van der Waals surface area contributed by atoms with E-state index in [1.165, 1.54) is 39.1 Å². The molecule has 0 bridgehead atoms. The molecule has 3 heterocycles. The average Bonchev–Trinajstić information content (AvgIpc) is 2.93. The molecule has 0 amide bonds. The number of benzene rings is 3. The van der Waals surface area contributed by atoms with Gasteiger partial charge in [-0.3, -0.25) is 0 Å². The summed E-state index contributed by atoms with van der Waals surface area (Å²) in [4.78, 5) is 2.56. The van der Waals surface area contributed by atoms with Crippen molar-refractivity contribution in [2.75, 3.05) is 34.0 Å². The third kappa shape index (κ3) is 3.78. The van der Waals surface area contributed by atoms with Gasteiger partial charge < -0.3 is 23.8 Å². The fourth-order valence-electron chi connectivity index (χ4n) is 6.07. The van der Waals surface area contributed by atoms with Crippen LogP contribution in [-0.2, 0) is 12.8 Å². The molecule has 0 saturated carbocycles. The van der Waals surface area contributed by atoms with E-state index in [0.717, 1.165) is 55.2 Å². The minimum Gasteiger partial charge on any atom is -0.493 e. The minimum atomic E-state index is 0.166. The van der Waals surface area contributed by atoms with E-state index in [9.17, 15) is 0 Å². The predicted molar refractivity (Wildman–Crippen MR) is 142 cm³/mol. The first-order valence-electron chi connectivity index (χ1n) is 12.9. The number of nitrogens with zero attached hydrogens (tertiary/aromatic N) is 1. The van der Waals surface area contributed by atoms with Crippen LogP contribution in [0.4, 0.5) is 0 Å². The van der Waals surface area contributed by atoms with E-state index >= 15 is 0 Å². The highest BCUT2D eigenvalue weighted by molar-refractivity contribution is 5.95. The quantitative estimate of drug-likeness (QED) is 0.412. The number of methoxy groups -OCH3 is 2. The van der Waals surface area contributed by atoms with Gasteiger partial charge in [0.15, 0.2) is 23.0 Å². The molecule has 0 N–H and O–H groups in total. The molecule has 0 spiro atoms. The number of allylic oxidation sites excluding steroid dienone is 1. The molecule has 0 radical (unpaired) electrons. The lowest BCUT2D eigenvalue weighted by atomic mass is 9.80. The molecule has 0 aromatic heterocycles. The van der Waals surface area contributed by atoms with Gasteiger partial charge in [-0.1, -0.05) is 36.4 Å². The van der Waals surface area contributed by atoms with Crippen molar-refractivity contribution in [2.45, 2.75) is 38.6 Å². The summed E-state index contributed by atoms with van der Waals surface area (Å²) in [6.07, 6.45) is 4.06. The lowest BCUT2D eigenvalue weighted by molar-refractivity contribution is 0.171. The van der Waals surface area contributed by atoms with E-state index in [1.54, 1.807) is 14.2 Å². The van der Waals surface area contributed by atoms with Gasteiger partial charge in [0.25, 0.3) is 0 Å². The summed E-state index contributed by atoms with van der Waals surface area (Å²) < 4.78 is 23.5. The van der Waals surface area contributed by atoms with Crippen LogP contribution in [0.15, 0.2) is 54.6 Å². The molecule has 0 saturated heterocycles. The van der Waals surface area contributed by atoms with Gasteiger partial charge >= 0.3 is 0 Å². The second-order valence-electron chi connectivity index (χ2n) is 9.70. The second-order valence-corrected chi connectivity index (χ2v) is 9.70. The number of fused-ring (bicyclic) bond motifs is 5. The molecule has 0 fully saturated rings. The van der Waals surface area contributed by atoms with Gasteiger partial charge in [-0.15, -0.1) is 0 Å². The van der Waals surface area contributed by atoms with Gasteiger partial charge in [-0.05, 0) is 73.1 Å². The molecular weight excluding hydrogens is 450 g/mol. The van der Waals surface area contributed by atoms with Crippen molar-refractivity contribution >= 4 is 11.3 Å². The zero-order valence-corrected chi connectivity index (χ0v) is 21.3. The normalized spacial score (nSPS) is 17.8. The highest BCUT2D eigenvalue weighted by atomic mass is 16.6. The third-order valence-electron chi connectivity index (χ3n) is 7.75. The van der Waals surface area contributed by atoms with Crippen LogP contribution < -0.4 is 18.9 Å². The number of rotatable bonds is 6. The molecule has 1 atom stereocenters. The van der Waals surface area contributed by atoms with Crippen molar-refractivity contribution in [3.63, 3.8) is 0 Å². The highest BCUT2D eigenvalue weighted by Crippen LogP contribution is 2.53. The Labute approximate surface area is 213 Å². The maximum Gasteiger partial charge on any atom is 0.166 e. The second kappa shape index (κ2) is 9.45. The summed E-state index contributed by atoms with van der Waals surface area (Å²) in [5.74, 6) is 3.35. The molecular formula is C31H33NO4. The number of hydrogen-bond donors (Lipinski definition) is 0. The van der Waals surface area contributed by atoms with Crippen molar-refractivity contribution in [3.8, 4) is 23.0 Å². The largest absolute Gasteiger partial charge is 0.493 e. The maximum atomic E-state index is 6.00. The SMILES string of the molecule is COc1ccc2c(c1OC)[C@@H](C)N1CCc3cc4c(cc3C1=C2CCCc1ccccc1)OCCO4. The molecule has 3 aromatic rings. The van der Waals surface area contributed by atoms with Crippen molar-refractivity contribution in [1.82, 2.24) is 4.90 Å². The average molecular weight is 484 g/mol. The summed E-state index contributed by atoms with van der Waals surface area (Å²) in [5.41, 5.74) is 9.17. The van der Waals surface area contributed by atoms with Crippen LogP contribution in [0.5, 0.6) is 23.0 Å². The van der Waals surface area contributed by atoms with E-state index in [1.807, 2.05) is 6.07 Å². The molecule has 6 rings (SSSR count). The summed E-state index contributed by atoms with van der Waals surface area (Å²) in [6, 6.07) is 19.6. The monoisotopic (exact) mass is 483 g/mol. The Balaban J connectivity index is 1.51. The van der Waals surface area contributed by atoms with Gasteiger partial charge in [0, 0.05) is 23.4 Å². The number of hydrogen-bond acceptors (Lipinski definition) is 5. The smallest absolute Gasteiger partial charge is 0.166 e. The van der Waals surface area contributed by atoms with Crippen molar-refractivity contribution in [1.29, 1.82) is 0 Å². The van der Waals surface area contributed by atoms with Gasteiger partial charge in [-0.2, -0.15) is 0 Å². The lowest BCUT2D eigenvalue weighted by Gasteiger charge is -2.44. The predicted octanol–water partition coefficient (Wildman–Crippen LogP) is 6.30. The maximum absolute atomic E-state index is 6.00. The first-order valence-corrected chi connectivity index (χ1v) is 12.9. The summed E-state index contributed by atoms with van der Waals surface area (Å²) in [5, 5.41) is 0. The molecule has 3 aromatic carbocycles. The van der Waals surface area contributed by atoms with E-state index in [2.05, 4.69) is 60.4 Å². The molecule has 186 valence electrons. The van der Waals surface area contributed by atoms with Crippen LogP contribution in [0.3, 0.4) is 0 Å². The Morgan fingerprint density at radius 2 is 1.67 bits per heavy atom. The fraction of sp³-hybridized carbons (Fsp3) is 0.355. The molecule has 0 aliphatic carbocycles. The van der Waals surface area contributed by atoms with Gasteiger partial charge in [0.1, 0.15) is 13.2 Å². The van der Waals surface area contributed by atoms with E-state index in [4.69, 9.17) is 18.9 Å². The van der Waals surface area contributed by atoms with E-state index in [-0.39, 0.29) is 6.04 Å². The number of ether oxygens (including phenoxy) is 4. The molecule has 36 heavy (non-hydrogen) atoms. The van der Waals surface area contributed by atoms with Crippen molar-refractivity contribution < 1.29 is 18.9 Å². The minimum absolute atomic E-state index is 0.166. The third-order valence-corrected chi connectivity index (χ3v) is 7.75. The Kier molecular flexibility index (Phi) is 6.00. The molecule has 0 unspecified atom stereocenters. The van der Waals surface area contributed by atoms with Crippen LogP contribution >= 0.6 is 0 Å². The number of aryl methyl sites for hydroxylation is 1. The summed E-state index contributed by atoms with van der Waals surface area (Å²) in [6.45, 7) is 4.43. The molecule has 3 aliphatic heterocycles. The topological polar surface area (TPSA) is 40.2 Å². The summed E-state index contributed by atoms with van der Waals surface area (Å²) in [7, 11) is 3.45. The Morgan fingerprint density at radius 1 is 0.889 bits per heavy atom. The van der Waals surface area contributed by atoms with Gasteiger partial charge in [0.05, 0.1) is 20.3 Å². The first kappa shape index (κ1) is 22.8. The Hall–Kier alpha value is -3.60. The summed E-state index contributed by atoms with van der Waals surface area (Å²) >= 11 is 0. The van der Waals surface area contributed by atoms with Crippen LogP contribution in [0.25, 0.3) is 11.3 Å². The van der Waals surface area contributed by atoms with Crippen LogP contribution in [0, 0.1) is 0 Å². The zero-order chi connectivity index (χ0) is 24.6. The highest BCUT2D eigenvalue weighted by Gasteiger charge is 2.37. The van der Waals surface area contributed by atoms with Gasteiger partial charge in [0.2, 0.25) is 0 Å². The Morgan fingerprint density at radius 3 is 2.42 bits per heavy atom. The van der Waals surface area contributed by atoms with Crippen LogP contribution in [-0.4, -0.2) is 38.9 Å². The first-order chi connectivity index (χ1) is 17.7. The Bertz CT molecular complexity index is 1310. The zero-order valence-electron chi connectivity index (χ0n) is 21.3. The molecule has 3 aliphatic rings. The van der Waals surface area contributed by atoms with Crippen LogP contribution in [0.2, 0.25) is 0 Å². The standard InChI is InChI=1S/C31H33NO4/c1-20-29-23(12-13-26(33-2)31(29)34-3)24(11-7-10-21-8-5-4-6-9-21)30-25-19-28-27(35-16-17-36-28)18-22(25)14-15-32(20)30/h4-6,8-9,12-13,18-20H,7,10-11,14-17H2,1-3H3/t20-/m1/s1. The van der Waals surface area contributed by atoms with E-state index < -0.39 is 0 Å². The van der Waals surface area contributed by atoms with Crippen molar-refractivity contribution in [2.24, 2.45) is 0 Å². The molecule has 5 nitrogen and oxygen atoms in total. The molecule has 5 heteroatoms. The lowest BCUT2D eigenvalue weighted by Crippen LogP contribution is -2.36. The van der Waals surface area contributed by atoms with Crippen LogP contribution in [0.1, 0.15) is 53.6 Å².